The first-order chi connectivity index (χ1) is 13.1. The van der Waals surface area contributed by atoms with E-state index in [1.807, 2.05) is 0 Å². The molecule has 2 aliphatic carbocycles. The fraction of sp³-hybridized carbons (Fsp3) is 0.667. The van der Waals surface area contributed by atoms with Gasteiger partial charge < -0.3 is 0 Å². The molecule has 1 spiro atoms. The molecule has 0 bridgehead atoms. The van der Waals surface area contributed by atoms with Crippen molar-refractivity contribution in [3.05, 3.63) is 34.6 Å². The van der Waals surface area contributed by atoms with Gasteiger partial charge in [0.1, 0.15) is 5.82 Å². The molecule has 2 saturated carbocycles. The zero-order valence-corrected chi connectivity index (χ0v) is 15.7. The van der Waals surface area contributed by atoms with Crippen LogP contribution >= 0.6 is 0 Å². The molecule has 1 amide bonds. The Balaban J connectivity index is 1.38. The third kappa shape index (κ3) is 2.80. The van der Waals surface area contributed by atoms with E-state index in [-0.39, 0.29) is 11.4 Å². The van der Waals surface area contributed by atoms with Crippen molar-refractivity contribution in [2.75, 3.05) is 13.1 Å². The molecule has 1 aromatic rings. The van der Waals surface area contributed by atoms with Crippen LogP contribution in [0.4, 0.5) is 4.39 Å². The van der Waals surface area contributed by atoms with E-state index in [0.717, 1.165) is 30.1 Å². The number of carbonyl (C=O) groups is 1. The molecule has 5 rings (SSSR count). The summed E-state index contributed by atoms with van der Waals surface area (Å²) in [5.74, 6) is -0.980. The topological polar surface area (TPSA) is 55.8 Å². The number of halogens is 1. The van der Waals surface area contributed by atoms with Crippen molar-refractivity contribution in [1.29, 1.82) is 0 Å². The maximum atomic E-state index is 14.7. The predicted molar refractivity (Wildman–Crippen MR) is 99.1 cm³/mol. The number of fused-ring (bicyclic) bond motifs is 1. The second-order valence-corrected chi connectivity index (χ2v) is 8.80. The van der Waals surface area contributed by atoms with Crippen LogP contribution in [0.1, 0.15) is 66.4 Å². The van der Waals surface area contributed by atoms with Gasteiger partial charge in [-0.2, -0.15) is 0 Å². The molecular weight excluding hydrogens is 345 g/mol. The summed E-state index contributed by atoms with van der Waals surface area (Å²) in [6, 6.07) is 4.31. The number of benzene rings is 1. The average molecular weight is 373 g/mol. The zero-order valence-electron chi connectivity index (χ0n) is 15.7. The lowest BCUT2D eigenvalue weighted by Gasteiger charge is -2.62. The molecule has 0 unspecified atom stereocenters. The van der Waals surface area contributed by atoms with E-state index in [9.17, 15) is 9.18 Å². The highest BCUT2D eigenvalue weighted by Crippen LogP contribution is 2.51. The number of rotatable bonds is 3. The van der Waals surface area contributed by atoms with Gasteiger partial charge in [0.05, 0.1) is 0 Å². The third-order valence-corrected chi connectivity index (χ3v) is 7.41. The molecule has 3 fully saturated rings. The summed E-state index contributed by atoms with van der Waals surface area (Å²) >= 11 is 0. The monoisotopic (exact) mass is 373 g/mol. The fourth-order valence-electron chi connectivity index (χ4n) is 5.87. The molecule has 27 heavy (non-hydrogen) atoms. The Labute approximate surface area is 159 Å². The Morgan fingerprint density at radius 3 is 2.74 bits per heavy atom. The van der Waals surface area contributed by atoms with E-state index in [1.165, 1.54) is 57.6 Å². The molecule has 0 aromatic heterocycles. The molecule has 2 aliphatic heterocycles. The van der Waals surface area contributed by atoms with E-state index in [2.05, 4.69) is 9.80 Å². The molecule has 2 atom stereocenters. The summed E-state index contributed by atoms with van der Waals surface area (Å²) in [6.45, 7) is 2.79. The van der Waals surface area contributed by atoms with Crippen LogP contribution < -0.4 is 5.48 Å². The lowest BCUT2D eigenvalue weighted by atomic mass is 9.64. The number of amides is 1. The van der Waals surface area contributed by atoms with Gasteiger partial charge in [-0.05, 0) is 69.2 Å². The van der Waals surface area contributed by atoms with Gasteiger partial charge in [0.15, 0.2) is 0 Å². The number of hydroxylamine groups is 1. The molecule has 146 valence electrons. The van der Waals surface area contributed by atoms with Gasteiger partial charge >= 0.3 is 0 Å². The maximum absolute atomic E-state index is 14.7. The van der Waals surface area contributed by atoms with Crippen LogP contribution in [0.15, 0.2) is 12.1 Å². The van der Waals surface area contributed by atoms with Crippen LogP contribution in [0.2, 0.25) is 0 Å². The van der Waals surface area contributed by atoms with E-state index in [4.69, 9.17) is 5.21 Å². The summed E-state index contributed by atoms with van der Waals surface area (Å²) in [5.41, 5.74) is 3.74. The first-order valence-electron chi connectivity index (χ1n) is 10.4. The SMILES string of the molecule is O=C(NO)c1cc(F)c2c(c1)CCN([C@H]1CC[C@@]13CCCCN3C1CC1)C2. The number of nitrogens with zero attached hydrogens (tertiary/aromatic N) is 2. The summed E-state index contributed by atoms with van der Waals surface area (Å²) in [6.07, 6.45) is 9.88. The van der Waals surface area contributed by atoms with Gasteiger partial charge in [-0.3, -0.25) is 19.8 Å². The van der Waals surface area contributed by atoms with Crippen molar-refractivity contribution in [3.8, 4) is 0 Å². The minimum atomic E-state index is -0.653. The van der Waals surface area contributed by atoms with E-state index >= 15 is 0 Å². The predicted octanol–water partition coefficient (Wildman–Crippen LogP) is 2.85. The van der Waals surface area contributed by atoms with Crippen LogP contribution in [-0.4, -0.2) is 51.6 Å². The van der Waals surface area contributed by atoms with Gasteiger partial charge in [-0.15, -0.1) is 0 Å². The first-order valence-corrected chi connectivity index (χ1v) is 10.4. The summed E-state index contributed by atoms with van der Waals surface area (Å²) < 4.78 is 14.7. The average Bonchev–Trinajstić information content (AvgIpc) is 3.52. The molecule has 1 aromatic carbocycles. The Morgan fingerprint density at radius 1 is 1.19 bits per heavy atom. The molecule has 5 nitrogen and oxygen atoms in total. The second-order valence-electron chi connectivity index (χ2n) is 8.80. The number of hydrogen-bond donors (Lipinski definition) is 2. The first kappa shape index (κ1) is 17.6. The number of likely N-dealkylation sites (tertiary alicyclic amines) is 1. The maximum Gasteiger partial charge on any atom is 0.274 e. The molecular formula is C21H28FN3O2. The normalized spacial score (nSPS) is 31.4. The molecule has 2 heterocycles. The van der Waals surface area contributed by atoms with Crippen LogP contribution in [0.3, 0.4) is 0 Å². The van der Waals surface area contributed by atoms with Gasteiger partial charge in [0.2, 0.25) is 0 Å². The summed E-state index contributed by atoms with van der Waals surface area (Å²) in [7, 11) is 0. The molecule has 4 aliphatic rings. The zero-order chi connectivity index (χ0) is 18.6. The lowest BCUT2D eigenvalue weighted by molar-refractivity contribution is -0.104. The standard InChI is InChI=1S/C21H28FN3O2/c22-18-12-15(20(26)23-27)11-14-6-10-24(13-17(14)18)19-5-8-21(19)7-1-2-9-25(21)16-3-4-16/h11-12,16,19,27H,1-10,13H2,(H,23,26)/t19-,21-/m0/s1. The minimum Gasteiger partial charge on any atom is -0.294 e. The van der Waals surface area contributed by atoms with Gasteiger partial charge in [-0.25, -0.2) is 9.87 Å². The van der Waals surface area contributed by atoms with Gasteiger partial charge in [0, 0.05) is 41.8 Å². The quantitative estimate of drug-likeness (QED) is 0.632. The van der Waals surface area contributed by atoms with Crippen molar-refractivity contribution in [1.82, 2.24) is 15.3 Å². The van der Waals surface area contributed by atoms with E-state index in [0.29, 0.717) is 18.1 Å². The van der Waals surface area contributed by atoms with Crippen LogP contribution in [-0.2, 0) is 13.0 Å². The van der Waals surface area contributed by atoms with Gasteiger partial charge in [0.25, 0.3) is 5.91 Å². The van der Waals surface area contributed by atoms with Crippen molar-refractivity contribution < 1.29 is 14.4 Å². The lowest BCUT2D eigenvalue weighted by Crippen LogP contribution is -2.70. The largest absolute Gasteiger partial charge is 0.294 e. The Hall–Kier alpha value is -1.50. The number of hydrogen-bond acceptors (Lipinski definition) is 4. The Bertz CT molecular complexity index is 766. The number of carbonyl (C=O) groups excluding carboxylic acids is 1. The summed E-state index contributed by atoms with van der Waals surface area (Å²) in [4.78, 5) is 17.0. The Kier molecular flexibility index (Phi) is 4.26. The highest BCUT2D eigenvalue weighted by Gasteiger charge is 2.56. The van der Waals surface area contributed by atoms with E-state index < -0.39 is 5.91 Å². The minimum absolute atomic E-state index is 0.189. The van der Waals surface area contributed by atoms with Gasteiger partial charge in [-0.1, -0.05) is 6.42 Å². The summed E-state index contributed by atoms with van der Waals surface area (Å²) in [5, 5.41) is 8.82. The third-order valence-electron chi connectivity index (χ3n) is 7.41. The van der Waals surface area contributed by atoms with Crippen molar-refractivity contribution in [2.24, 2.45) is 0 Å². The van der Waals surface area contributed by atoms with E-state index in [1.54, 1.807) is 11.5 Å². The van der Waals surface area contributed by atoms with Crippen LogP contribution in [0.25, 0.3) is 0 Å². The number of nitrogens with one attached hydrogen (secondary N) is 1. The highest BCUT2D eigenvalue weighted by molar-refractivity contribution is 5.93. The van der Waals surface area contributed by atoms with Crippen molar-refractivity contribution in [2.45, 2.75) is 75.5 Å². The number of piperidine rings is 1. The van der Waals surface area contributed by atoms with Crippen LogP contribution in [0, 0.1) is 5.82 Å². The highest BCUT2D eigenvalue weighted by atomic mass is 19.1. The molecule has 2 N–H and O–H groups in total. The van der Waals surface area contributed by atoms with Crippen LogP contribution in [0.5, 0.6) is 0 Å². The second kappa shape index (κ2) is 6.54. The smallest absolute Gasteiger partial charge is 0.274 e. The Morgan fingerprint density at radius 2 is 2.04 bits per heavy atom. The molecule has 6 heteroatoms. The molecule has 1 saturated heterocycles. The fourth-order valence-corrected chi connectivity index (χ4v) is 5.87. The van der Waals surface area contributed by atoms with Crippen molar-refractivity contribution >= 4 is 5.91 Å². The molecule has 0 radical (unpaired) electrons. The van der Waals surface area contributed by atoms with Crippen molar-refractivity contribution in [3.63, 3.8) is 0 Å².